The van der Waals surface area contributed by atoms with E-state index in [9.17, 15) is 4.79 Å². The zero-order valence-corrected chi connectivity index (χ0v) is 7.07. The van der Waals surface area contributed by atoms with Crippen molar-refractivity contribution >= 4 is 5.97 Å². The first kappa shape index (κ1) is 8.77. The second-order valence-electron chi connectivity index (χ2n) is 3.34. The largest absolute Gasteiger partial charge is 0.481 e. The number of aromatic nitrogens is 1. The van der Waals surface area contributed by atoms with Crippen LogP contribution in [-0.2, 0) is 10.2 Å². The molecule has 0 spiro atoms. The lowest BCUT2D eigenvalue weighted by molar-refractivity contribution is -0.138. The van der Waals surface area contributed by atoms with E-state index in [1.54, 1.807) is 6.07 Å². The molecular weight excluding hydrogens is 158 g/mol. The van der Waals surface area contributed by atoms with E-state index < -0.39 is 11.4 Å². The minimum absolute atomic E-state index is 0.0551. The van der Waals surface area contributed by atoms with Gasteiger partial charge in [0.15, 0.2) is 0 Å². The smallest absolute Gasteiger partial charge is 0.304 e. The van der Waals surface area contributed by atoms with Gasteiger partial charge in [-0.05, 0) is 0 Å². The van der Waals surface area contributed by atoms with Crippen molar-refractivity contribution < 1.29 is 14.4 Å². The predicted octanol–water partition coefficient (Wildman–Crippen LogP) is 1.43. The molecule has 12 heavy (non-hydrogen) atoms. The lowest BCUT2D eigenvalue weighted by Gasteiger charge is -2.18. The molecule has 1 heterocycles. The van der Waals surface area contributed by atoms with Gasteiger partial charge in [0, 0.05) is 11.5 Å². The molecular formula is C8H11NO3. The first-order chi connectivity index (χ1) is 5.52. The summed E-state index contributed by atoms with van der Waals surface area (Å²) in [6, 6.07) is 1.68. The van der Waals surface area contributed by atoms with Crippen LogP contribution in [0.5, 0.6) is 0 Å². The Bertz CT molecular complexity index is 264. The first-order valence-electron chi connectivity index (χ1n) is 3.65. The van der Waals surface area contributed by atoms with E-state index in [-0.39, 0.29) is 6.42 Å². The van der Waals surface area contributed by atoms with Crippen LogP contribution >= 0.6 is 0 Å². The monoisotopic (exact) mass is 169 g/mol. The SMILES string of the molecule is CC(C)(CC(=O)O)c1ccon1. The van der Waals surface area contributed by atoms with Gasteiger partial charge in [-0.15, -0.1) is 0 Å². The molecule has 0 bridgehead atoms. The third-order valence-electron chi connectivity index (χ3n) is 1.72. The van der Waals surface area contributed by atoms with Gasteiger partial charge in [-0.2, -0.15) is 0 Å². The highest BCUT2D eigenvalue weighted by atomic mass is 16.5. The fourth-order valence-electron chi connectivity index (χ4n) is 1.03. The fraction of sp³-hybridized carbons (Fsp3) is 0.500. The Labute approximate surface area is 70.2 Å². The van der Waals surface area contributed by atoms with Crippen molar-refractivity contribution in [1.82, 2.24) is 5.16 Å². The van der Waals surface area contributed by atoms with Crippen LogP contribution in [0.3, 0.4) is 0 Å². The van der Waals surface area contributed by atoms with Crippen LogP contribution in [-0.4, -0.2) is 16.2 Å². The summed E-state index contributed by atoms with van der Waals surface area (Å²) in [5.41, 5.74) is 0.212. The Morgan fingerprint density at radius 1 is 1.75 bits per heavy atom. The van der Waals surface area contributed by atoms with E-state index in [4.69, 9.17) is 5.11 Å². The average Bonchev–Trinajstić information content (AvgIpc) is 2.32. The number of hydrogen-bond donors (Lipinski definition) is 1. The summed E-state index contributed by atoms with van der Waals surface area (Å²) in [6.07, 6.45) is 1.50. The number of rotatable bonds is 3. The van der Waals surface area contributed by atoms with Gasteiger partial charge in [0.25, 0.3) is 0 Å². The van der Waals surface area contributed by atoms with Crippen LogP contribution in [0.1, 0.15) is 26.0 Å². The van der Waals surface area contributed by atoms with E-state index in [0.29, 0.717) is 5.69 Å². The summed E-state index contributed by atoms with van der Waals surface area (Å²) in [5, 5.41) is 12.3. The number of carboxylic acids is 1. The number of nitrogens with zero attached hydrogens (tertiary/aromatic N) is 1. The summed E-state index contributed by atoms with van der Waals surface area (Å²) >= 11 is 0. The van der Waals surface area contributed by atoms with E-state index in [2.05, 4.69) is 9.68 Å². The van der Waals surface area contributed by atoms with Crippen molar-refractivity contribution in [3.63, 3.8) is 0 Å². The Balaban J connectivity index is 2.79. The Kier molecular flexibility index (Phi) is 2.17. The molecule has 4 nitrogen and oxygen atoms in total. The van der Waals surface area contributed by atoms with Gasteiger partial charge in [0.2, 0.25) is 0 Å². The van der Waals surface area contributed by atoms with Gasteiger partial charge >= 0.3 is 5.97 Å². The molecule has 0 unspecified atom stereocenters. The van der Waals surface area contributed by atoms with Crippen LogP contribution < -0.4 is 0 Å². The summed E-state index contributed by atoms with van der Waals surface area (Å²) < 4.78 is 4.64. The molecule has 66 valence electrons. The summed E-state index contributed by atoms with van der Waals surface area (Å²) in [5.74, 6) is -0.831. The van der Waals surface area contributed by atoms with Gasteiger partial charge in [0.1, 0.15) is 6.26 Å². The van der Waals surface area contributed by atoms with Gasteiger partial charge < -0.3 is 9.63 Å². The van der Waals surface area contributed by atoms with Crippen molar-refractivity contribution in [3.8, 4) is 0 Å². The lowest BCUT2D eigenvalue weighted by Crippen LogP contribution is -2.21. The molecule has 0 radical (unpaired) electrons. The van der Waals surface area contributed by atoms with Crippen LogP contribution in [0.15, 0.2) is 16.9 Å². The zero-order valence-electron chi connectivity index (χ0n) is 7.07. The minimum atomic E-state index is -0.831. The van der Waals surface area contributed by atoms with E-state index in [1.807, 2.05) is 13.8 Å². The molecule has 0 saturated carbocycles. The molecule has 4 heteroatoms. The standard InChI is InChI=1S/C8H11NO3/c1-8(2,5-7(10)11)6-3-4-12-9-6/h3-4H,5H2,1-2H3,(H,10,11). The second kappa shape index (κ2) is 2.97. The Morgan fingerprint density at radius 3 is 2.83 bits per heavy atom. The zero-order chi connectivity index (χ0) is 9.19. The molecule has 1 N–H and O–H groups in total. The van der Waals surface area contributed by atoms with Crippen molar-refractivity contribution in [3.05, 3.63) is 18.0 Å². The summed E-state index contributed by atoms with van der Waals surface area (Å²) in [6.45, 7) is 3.64. The molecule has 0 amide bonds. The quantitative estimate of drug-likeness (QED) is 0.743. The number of aliphatic carboxylic acids is 1. The molecule has 0 aromatic carbocycles. The highest BCUT2D eigenvalue weighted by molar-refractivity contribution is 5.68. The summed E-state index contributed by atoms with van der Waals surface area (Å²) in [7, 11) is 0. The molecule has 0 aliphatic heterocycles. The normalized spacial score (nSPS) is 11.5. The van der Waals surface area contributed by atoms with Crippen molar-refractivity contribution in [2.75, 3.05) is 0 Å². The van der Waals surface area contributed by atoms with Gasteiger partial charge in [-0.1, -0.05) is 19.0 Å². The van der Waals surface area contributed by atoms with Crippen molar-refractivity contribution in [1.29, 1.82) is 0 Å². The average molecular weight is 169 g/mol. The molecule has 0 atom stereocenters. The molecule has 1 aromatic rings. The van der Waals surface area contributed by atoms with Crippen molar-refractivity contribution in [2.24, 2.45) is 0 Å². The maximum atomic E-state index is 10.5. The number of carboxylic acid groups (broad SMARTS) is 1. The van der Waals surface area contributed by atoms with E-state index in [1.165, 1.54) is 6.26 Å². The lowest BCUT2D eigenvalue weighted by atomic mass is 9.86. The van der Waals surface area contributed by atoms with Gasteiger partial charge in [-0.3, -0.25) is 4.79 Å². The Hall–Kier alpha value is -1.32. The van der Waals surface area contributed by atoms with Gasteiger partial charge in [-0.25, -0.2) is 0 Å². The van der Waals surface area contributed by atoms with Crippen LogP contribution in [0.25, 0.3) is 0 Å². The number of carbonyl (C=O) groups is 1. The van der Waals surface area contributed by atoms with Crippen LogP contribution in [0, 0.1) is 0 Å². The fourth-order valence-corrected chi connectivity index (χ4v) is 1.03. The van der Waals surface area contributed by atoms with E-state index in [0.717, 1.165) is 0 Å². The molecule has 1 aromatic heterocycles. The Morgan fingerprint density at radius 2 is 2.42 bits per heavy atom. The molecule has 0 aliphatic rings. The van der Waals surface area contributed by atoms with Crippen LogP contribution in [0.2, 0.25) is 0 Å². The molecule has 0 fully saturated rings. The van der Waals surface area contributed by atoms with Crippen molar-refractivity contribution in [2.45, 2.75) is 25.7 Å². The summed E-state index contributed by atoms with van der Waals surface area (Å²) in [4.78, 5) is 10.5. The number of hydrogen-bond acceptors (Lipinski definition) is 3. The maximum Gasteiger partial charge on any atom is 0.304 e. The topological polar surface area (TPSA) is 63.3 Å². The van der Waals surface area contributed by atoms with Crippen LogP contribution in [0.4, 0.5) is 0 Å². The first-order valence-corrected chi connectivity index (χ1v) is 3.65. The highest BCUT2D eigenvalue weighted by Crippen LogP contribution is 2.24. The molecule has 0 saturated heterocycles. The maximum absolute atomic E-state index is 10.5. The molecule has 0 aliphatic carbocycles. The van der Waals surface area contributed by atoms with E-state index >= 15 is 0 Å². The second-order valence-corrected chi connectivity index (χ2v) is 3.34. The third kappa shape index (κ3) is 1.84. The third-order valence-corrected chi connectivity index (χ3v) is 1.72. The highest BCUT2D eigenvalue weighted by Gasteiger charge is 2.26. The van der Waals surface area contributed by atoms with Gasteiger partial charge in [0.05, 0.1) is 12.1 Å². The molecule has 1 rings (SSSR count). The predicted molar refractivity (Wildman–Crippen MR) is 41.8 cm³/mol. The minimum Gasteiger partial charge on any atom is -0.481 e.